The van der Waals surface area contributed by atoms with Gasteiger partial charge in [0, 0.05) is 0 Å². The molecule has 3 atom stereocenters. The highest BCUT2D eigenvalue weighted by molar-refractivity contribution is 7.99. The van der Waals surface area contributed by atoms with Crippen LogP contribution in [-0.4, -0.2) is 38.2 Å². The summed E-state index contributed by atoms with van der Waals surface area (Å²) in [5, 5.41) is 7.88. The Kier molecular flexibility index (Phi) is 3.25. The number of hydrogen-bond acceptors (Lipinski definition) is 6. The van der Waals surface area contributed by atoms with Gasteiger partial charge in [-0.15, -0.1) is 22.0 Å². The van der Waals surface area contributed by atoms with Crippen LogP contribution >= 0.6 is 11.8 Å². The van der Waals surface area contributed by atoms with Crippen LogP contribution in [0, 0.1) is 0 Å². The van der Waals surface area contributed by atoms with E-state index in [0.29, 0.717) is 5.89 Å². The number of amides is 1. The maximum atomic E-state index is 12.4. The fraction of sp³-hybridized carbons (Fsp3) is 0.727. The third kappa shape index (κ3) is 2.01. The largest absolute Gasteiger partial charge is 0.426 e. The zero-order valence-corrected chi connectivity index (χ0v) is 10.8. The maximum absolute atomic E-state index is 12.4. The Balaban J connectivity index is 1.92. The van der Waals surface area contributed by atoms with Crippen molar-refractivity contribution in [1.82, 2.24) is 15.1 Å². The highest BCUT2D eigenvalue weighted by Gasteiger charge is 2.41. The molecule has 18 heavy (non-hydrogen) atoms. The quantitative estimate of drug-likeness (QED) is 0.815. The summed E-state index contributed by atoms with van der Waals surface area (Å²) in [5.74, 6) is 1.49. The summed E-state index contributed by atoms with van der Waals surface area (Å²) in [6, 6.07) is -0.499. The Bertz CT molecular complexity index is 425. The first-order valence-corrected chi connectivity index (χ1v) is 7.27. The van der Waals surface area contributed by atoms with Crippen molar-refractivity contribution >= 4 is 17.7 Å². The molecule has 0 spiro atoms. The summed E-state index contributed by atoms with van der Waals surface area (Å²) in [6.45, 7) is 0. The predicted octanol–water partition coefficient (Wildman–Crippen LogP) is 0.913. The Labute approximate surface area is 109 Å². The van der Waals surface area contributed by atoms with E-state index in [-0.39, 0.29) is 17.3 Å². The maximum Gasteiger partial charge on any atom is 0.241 e. The third-order valence-electron chi connectivity index (χ3n) is 3.55. The fourth-order valence-corrected chi connectivity index (χ4v) is 4.05. The highest BCUT2D eigenvalue weighted by Crippen LogP contribution is 2.40. The second kappa shape index (κ2) is 4.89. The van der Waals surface area contributed by atoms with Crippen LogP contribution in [0.5, 0.6) is 0 Å². The van der Waals surface area contributed by atoms with Crippen molar-refractivity contribution in [2.24, 2.45) is 5.73 Å². The van der Waals surface area contributed by atoms with Crippen LogP contribution in [0.15, 0.2) is 10.8 Å². The Morgan fingerprint density at radius 3 is 3.11 bits per heavy atom. The van der Waals surface area contributed by atoms with E-state index in [2.05, 4.69) is 10.2 Å². The number of rotatable bonds is 1. The van der Waals surface area contributed by atoms with Gasteiger partial charge in [0.25, 0.3) is 0 Å². The summed E-state index contributed by atoms with van der Waals surface area (Å²) in [4.78, 5) is 14.3. The van der Waals surface area contributed by atoms with E-state index in [0.717, 1.165) is 31.4 Å². The number of nitrogens with zero attached hydrogens (tertiary/aromatic N) is 3. The summed E-state index contributed by atoms with van der Waals surface area (Å²) < 4.78 is 5.28. The van der Waals surface area contributed by atoms with Gasteiger partial charge in [-0.2, -0.15) is 0 Å². The van der Waals surface area contributed by atoms with Crippen LogP contribution in [0.2, 0.25) is 0 Å². The van der Waals surface area contributed by atoms with Crippen molar-refractivity contribution in [2.75, 3.05) is 5.75 Å². The van der Waals surface area contributed by atoms with Gasteiger partial charge in [-0.25, -0.2) is 0 Å². The van der Waals surface area contributed by atoms with Crippen LogP contribution < -0.4 is 5.73 Å². The van der Waals surface area contributed by atoms with Crippen molar-refractivity contribution in [1.29, 1.82) is 0 Å². The lowest BCUT2D eigenvalue weighted by Gasteiger charge is -2.39. The van der Waals surface area contributed by atoms with Gasteiger partial charge in [-0.3, -0.25) is 4.79 Å². The van der Waals surface area contributed by atoms with Gasteiger partial charge >= 0.3 is 0 Å². The van der Waals surface area contributed by atoms with E-state index in [9.17, 15) is 4.79 Å². The molecule has 2 N–H and O–H groups in total. The molecule has 0 aliphatic carbocycles. The number of fused-ring (bicyclic) bond motifs is 1. The molecule has 1 aromatic heterocycles. The van der Waals surface area contributed by atoms with E-state index < -0.39 is 6.04 Å². The van der Waals surface area contributed by atoms with Crippen molar-refractivity contribution in [2.45, 2.75) is 43.1 Å². The molecule has 0 radical (unpaired) electrons. The average molecular weight is 268 g/mol. The van der Waals surface area contributed by atoms with Crippen LogP contribution in [-0.2, 0) is 4.79 Å². The van der Waals surface area contributed by atoms with Gasteiger partial charge in [0.1, 0.15) is 6.04 Å². The second-order valence-corrected chi connectivity index (χ2v) is 5.98. The minimum absolute atomic E-state index is 0.0212. The molecule has 6 nitrogen and oxygen atoms in total. The lowest BCUT2D eigenvalue weighted by atomic mass is 10.0. The van der Waals surface area contributed by atoms with Gasteiger partial charge < -0.3 is 15.1 Å². The monoisotopic (exact) mass is 268 g/mol. The van der Waals surface area contributed by atoms with Crippen LogP contribution in [0.25, 0.3) is 0 Å². The molecule has 1 aromatic rings. The Morgan fingerprint density at radius 2 is 2.33 bits per heavy atom. The molecule has 2 fully saturated rings. The molecule has 0 saturated carbocycles. The number of nitrogens with two attached hydrogens (primary N) is 1. The number of hydrogen-bond donors (Lipinski definition) is 1. The van der Waals surface area contributed by atoms with E-state index in [4.69, 9.17) is 10.2 Å². The van der Waals surface area contributed by atoms with E-state index in [1.165, 1.54) is 6.39 Å². The topological polar surface area (TPSA) is 85.2 Å². The molecular formula is C11H16N4O2S. The number of carbonyl (C=O) groups is 1. The van der Waals surface area contributed by atoms with E-state index in [1.807, 2.05) is 16.7 Å². The summed E-state index contributed by atoms with van der Waals surface area (Å²) in [5.41, 5.74) is 5.93. The molecule has 98 valence electrons. The smallest absolute Gasteiger partial charge is 0.241 e. The van der Waals surface area contributed by atoms with Crippen LogP contribution in [0.3, 0.4) is 0 Å². The summed E-state index contributed by atoms with van der Waals surface area (Å²) in [6.07, 6.45) is 5.02. The number of aromatic nitrogens is 2. The Morgan fingerprint density at radius 1 is 1.44 bits per heavy atom. The molecule has 3 unspecified atom stereocenters. The van der Waals surface area contributed by atoms with Crippen LogP contribution in [0.1, 0.15) is 37.6 Å². The summed E-state index contributed by atoms with van der Waals surface area (Å²) >= 11 is 1.81. The van der Waals surface area contributed by atoms with Crippen LogP contribution in [0.4, 0.5) is 0 Å². The first-order chi connectivity index (χ1) is 8.77. The molecular weight excluding hydrogens is 252 g/mol. The standard InChI is InChI=1S/C11H16N4O2S/c12-7-4-5-18-9-3-1-2-8(15(9)11(7)16)10-14-13-6-17-10/h6-9H,1-5,12H2. The molecule has 3 heterocycles. The number of carbonyl (C=O) groups excluding carboxylic acids is 1. The zero-order chi connectivity index (χ0) is 12.5. The van der Waals surface area contributed by atoms with Gasteiger partial charge in [0.15, 0.2) is 0 Å². The minimum atomic E-state index is -0.397. The molecule has 7 heteroatoms. The Hall–Kier alpha value is -1.08. The predicted molar refractivity (Wildman–Crippen MR) is 66.6 cm³/mol. The molecule has 2 aliphatic rings. The van der Waals surface area contributed by atoms with Crippen molar-refractivity contribution in [3.8, 4) is 0 Å². The molecule has 3 rings (SSSR count). The molecule has 1 amide bonds. The first kappa shape index (κ1) is 12.0. The van der Waals surface area contributed by atoms with Crippen molar-refractivity contribution < 1.29 is 9.21 Å². The lowest BCUT2D eigenvalue weighted by Crippen LogP contribution is -2.49. The number of piperidine rings is 1. The van der Waals surface area contributed by atoms with Gasteiger partial charge in [0.05, 0.1) is 11.4 Å². The van der Waals surface area contributed by atoms with Gasteiger partial charge in [0.2, 0.25) is 18.2 Å². The van der Waals surface area contributed by atoms with E-state index >= 15 is 0 Å². The zero-order valence-electron chi connectivity index (χ0n) is 9.99. The first-order valence-electron chi connectivity index (χ1n) is 6.23. The van der Waals surface area contributed by atoms with E-state index in [1.54, 1.807) is 0 Å². The van der Waals surface area contributed by atoms with Crippen molar-refractivity contribution in [3.63, 3.8) is 0 Å². The highest BCUT2D eigenvalue weighted by atomic mass is 32.2. The fourth-order valence-electron chi connectivity index (χ4n) is 2.64. The average Bonchev–Trinajstić information content (AvgIpc) is 2.86. The minimum Gasteiger partial charge on any atom is -0.426 e. The molecule has 0 bridgehead atoms. The van der Waals surface area contributed by atoms with Gasteiger partial charge in [-0.1, -0.05) is 0 Å². The second-order valence-electron chi connectivity index (χ2n) is 4.69. The lowest BCUT2D eigenvalue weighted by molar-refractivity contribution is -0.137. The van der Waals surface area contributed by atoms with Crippen molar-refractivity contribution in [3.05, 3.63) is 12.3 Å². The third-order valence-corrected chi connectivity index (χ3v) is 4.87. The SMILES string of the molecule is NC1CCSC2CCCC(c3nnco3)N2C1=O. The number of thioether (sulfide) groups is 1. The molecule has 0 aromatic carbocycles. The summed E-state index contributed by atoms with van der Waals surface area (Å²) in [7, 11) is 0. The normalized spacial score (nSPS) is 33.1. The molecule has 2 saturated heterocycles. The molecule has 2 aliphatic heterocycles. The van der Waals surface area contributed by atoms with Gasteiger partial charge in [-0.05, 0) is 31.4 Å².